The van der Waals surface area contributed by atoms with Crippen LogP contribution in [0.3, 0.4) is 0 Å². The van der Waals surface area contributed by atoms with Crippen LogP contribution in [0.25, 0.3) is 23.0 Å². The van der Waals surface area contributed by atoms with Crippen molar-refractivity contribution >= 4 is 28.5 Å². The number of aromatic nitrogens is 3. The third kappa shape index (κ3) is 4.65. The molecule has 4 rings (SSSR count). The van der Waals surface area contributed by atoms with Crippen molar-refractivity contribution in [2.45, 2.75) is 0 Å². The number of benzene rings is 2. The highest BCUT2D eigenvalue weighted by Crippen LogP contribution is 2.33. The number of para-hydroxylation sites is 1. The number of nitrogens with one attached hydrogen (secondary N) is 1. The summed E-state index contributed by atoms with van der Waals surface area (Å²) in [6.45, 7) is 0. The number of nitrogens with zero attached hydrogens (tertiary/aromatic N) is 3. The van der Waals surface area contributed by atoms with Gasteiger partial charge in [0.1, 0.15) is 5.69 Å². The Morgan fingerprint density at radius 2 is 1.90 bits per heavy atom. The number of anilines is 1. The minimum atomic E-state index is -0.263. The number of rotatable bonds is 7. The zero-order chi connectivity index (χ0) is 21.6. The monoisotopic (exact) mass is 432 g/mol. The number of hydrogen-bond acceptors (Lipinski definition) is 6. The second kappa shape index (κ2) is 9.27. The van der Waals surface area contributed by atoms with Gasteiger partial charge in [0.2, 0.25) is 5.91 Å². The molecule has 0 bridgehead atoms. The minimum absolute atomic E-state index is 0.263. The Balaban J connectivity index is 1.72. The SMILES string of the molecule is COc1ccc(-c2nn(-c3ccccc3)cc2C=CC(=O)Nc2nccs2)cc1OC. The lowest BCUT2D eigenvalue weighted by Gasteiger charge is -2.09. The number of carbonyl (C=O) groups is 1. The molecule has 156 valence electrons. The molecule has 4 aromatic rings. The molecule has 0 saturated carbocycles. The van der Waals surface area contributed by atoms with E-state index in [1.807, 2.05) is 54.7 Å². The maximum Gasteiger partial charge on any atom is 0.250 e. The first-order chi connectivity index (χ1) is 15.2. The van der Waals surface area contributed by atoms with Gasteiger partial charge >= 0.3 is 0 Å². The van der Waals surface area contributed by atoms with E-state index in [0.29, 0.717) is 22.3 Å². The summed E-state index contributed by atoms with van der Waals surface area (Å²) in [6.07, 6.45) is 6.73. The molecule has 7 nitrogen and oxygen atoms in total. The second-order valence-corrected chi connectivity index (χ2v) is 7.34. The van der Waals surface area contributed by atoms with Crippen molar-refractivity contribution in [1.82, 2.24) is 14.8 Å². The van der Waals surface area contributed by atoms with Crippen LogP contribution in [-0.4, -0.2) is 34.9 Å². The van der Waals surface area contributed by atoms with E-state index < -0.39 is 0 Å². The van der Waals surface area contributed by atoms with E-state index in [2.05, 4.69) is 10.3 Å². The molecule has 0 atom stereocenters. The van der Waals surface area contributed by atoms with Gasteiger partial charge in [0, 0.05) is 35.0 Å². The van der Waals surface area contributed by atoms with E-state index in [4.69, 9.17) is 14.6 Å². The van der Waals surface area contributed by atoms with Gasteiger partial charge in [0.05, 0.1) is 19.9 Å². The first-order valence-corrected chi connectivity index (χ1v) is 10.3. The lowest BCUT2D eigenvalue weighted by molar-refractivity contribution is -0.111. The topological polar surface area (TPSA) is 78.3 Å². The lowest BCUT2D eigenvalue weighted by atomic mass is 10.1. The third-order valence-corrected chi connectivity index (χ3v) is 5.19. The average Bonchev–Trinajstić information content (AvgIpc) is 3.48. The van der Waals surface area contributed by atoms with Crippen molar-refractivity contribution in [2.24, 2.45) is 0 Å². The summed E-state index contributed by atoms with van der Waals surface area (Å²) in [4.78, 5) is 16.4. The highest BCUT2D eigenvalue weighted by atomic mass is 32.1. The molecule has 0 aliphatic carbocycles. The van der Waals surface area contributed by atoms with E-state index in [9.17, 15) is 4.79 Å². The number of thiazole rings is 1. The number of methoxy groups -OCH3 is 2. The second-order valence-electron chi connectivity index (χ2n) is 6.44. The zero-order valence-electron chi connectivity index (χ0n) is 17.0. The molecule has 0 radical (unpaired) electrons. The fraction of sp³-hybridized carbons (Fsp3) is 0.0870. The van der Waals surface area contributed by atoms with Gasteiger partial charge in [-0.05, 0) is 36.4 Å². The Morgan fingerprint density at radius 3 is 2.61 bits per heavy atom. The predicted octanol–water partition coefficient (Wildman–Crippen LogP) is 4.66. The lowest BCUT2D eigenvalue weighted by Crippen LogP contribution is -2.07. The fourth-order valence-electron chi connectivity index (χ4n) is 3.03. The summed E-state index contributed by atoms with van der Waals surface area (Å²) >= 11 is 1.36. The standard InChI is InChI=1S/C23H20N4O3S/c1-29-19-10-8-16(14-20(19)30-2)22-17(9-11-21(28)25-23-24-12-13-31-23)15-27(26-22)18-6-4-3-5-7-18/h3-15H,1-2H3,(H,24,25,28). The zero-order valence-corrected chi connectivity index (χ0v) is 17.8. The Labute approximate surface area is 183 Å². The van der Waals surface area contributed by atoms with Gasteiger partial charge in [-0.15, -0.1) is 11.3 Å². The Kier molecular flexibility index (Phi) is 6.09. The first kappa shape index (κ1) is 20.4. The van der Waals surface area contributed by atoms with Crippen LogP contribution in [0, 0.1) is 0 Å². The van der Waals surface area contributed by atoms with Gasteiger partial charge in [-0.1, -0.05) is 18.2 Å². The summed E-state index contributed by atoms with van der Waals surface area (Å²) < 4.78 is 12.6. The van der Waals surface area contributed by atoms with Crippen LogP contribution in [0.15, 0.2) is 72.4 Å². The van der Waals surface area contributed by atoms with E-state index in [1.54, 1.807) is 36.6 Å². The van der Waals surface area contributed by atoms with Crippen LogP contribution in [-0.2, 0) is 4.79 Å². The summed E-state index contributed by atoms with van der Waals surface area (Å²) in [7, 11) is 3.19. The van der Waals surface area contributed by atoms with Crippen molar-refractivity contribution in [1.29, 1.82) is 0 Å². The molecule has 0 aliphatic heterocycles. The van der Waals surface area contributed by atoms with Gasteiger partial charge in [-0.3, -0.25) is 10.1 Å². The molecule has 1 amide bonds. The third-order valence-electron chi connectivity index (χ3n) is 4.50. The molecule has 2 heterocycles. The molecule has 8 heteroatoms. The Hall–Kier alpha value is -3.91. The van der Waals surface area contributed by atoms with Gasteiger partial charge in [-0.2, -0.15) is 5.10 Å². The molecule has 2 aromatic heterocycles. The van der Waals surface area contributed by atoms with Crippen LogP contribution in [0.1, 0.15) is 5.56 Å². The molecule has 2 aromatic carbocycles. The van der Waals surface area contributed by atoms with Crippen LogP contribution >= 0.6 is 11.3 Å². The van der Waals surface area contributed by atoms with Gasteiger partial charge in [-0.25, -0.2) is 9.67 Å². The maximum absolute atomic E-state index is 12.3. The number of hydrogen-bond donors (Lipinski definition) is 1. The summed E-state index contributed by atoms with van der Waals surface area (Å²) in [5.74, 6) is 0.972. The molecule has 0 fully saturated rings. The van der Waals surface area contributed by atoms with E-state index in [1.165, 1.54) is 17.4 Å². The van der Waals surface area contributed by atoms with Crippen LogP contribution in [0.2, 0.25) is 0 Å². The first-order valence-electron chi connectivity index (χ1n) is 9.44. The molecule has 0 aliphatic rings. The van der Waals surface area contributed by atoms with Crippen molar-refractivity contribution in [2.75, 3.05) is 19.5 Å². The summed E-state index contributed by atoms with van der Waals surface area (Å²) in [5, 5.41) is 9.86. The maximum atomic E-state index is 12.3. The van der Waals surface area contributed by atoms with E-state index in [0.717, 1.165) is 16.8 Å². The van der Waals surface area contributed by atoms with Gasteiger partial charge < -0.3 is 9.47 Å². The molecule has 0 unspecified atom stereocenters. The smallest absolute Gasteiger partial charge is 0.250 e. The van der Waals surface area contributed by atoms with Crippen LogP contribution in [0.5, 0.6) is 11.5 Å². The molecule has 0 spiro atoms. The van der Waals surface area contributed by atoms with E-state index >= 15 is 0 Å². The van der Waals surface area contributed by atoms with Crippen molar-refractivity contribution in [3.8, 4) is 28.4 Å². The predicted molar refractivity (Wildman–Crippen MR) is 122 cm³/mol. The molecular formula is C23H20N4O3S. The minimum Gasteiger partial charge on any atom is -0.493 e. The highest BCUT2D eigenvalue weighted by Gasteiger charge is 2.14. The molecule has 31 heavy (non-hydrogen) atoms. The number of ether oxygens (including phenoxy) is 2. The Bertz CT molecular complexity index is 1200. The summed E-state index contributed by atoms with van der Waals surface area (Å²) in [5.41, 5.74) is 3.25. The van der Waals surface area contributed by atoms with Gasteiger partial charge in [0.25, 0.3) is 0 Å². The molecule has 0 saturated heterocycles. The Morgan fingerprint density at radius 1 is 1.10 bits per heavy atom. The highest BCUT2D eigenvalue weighted by molar-refractivity contribution is 7.13. The fourth-order valence-corrected chi connectivity index (χ4v) is 3.56. The average molecular weight is 433 g/mol. The van der Waals surface area contributed by atoms with Crippen molar-refractivity contribution < 1.29 is 14.3 Å². The molecular weight excluding hydrogens is 412 g/mol. The molecule has 1 N–H and O–H groups in total. The quantitative estimate of drug-likeness (QED) is 0.430. The number of amides is 1. The summed E-state index contributed by atoms with van der Waals surface area (Å²) in [6, 6.07) is 15.4. The van der Waals surface area contributed by atoms with E-state index in [-0.39, 0.29) is 5.91 Å². The van der Waals surface area contributed by atoms with Crippen molar-refractivity contribution in [3.05, 3.63) is 77.9 Å². The van der Waals surface area contributed by atoms with Gasteiger partial charge in [0.15, 0.2) is 16.6 Å². The largest absolute Gasteiger partial charge is 0.493 e. The number of carbonyl (C=O) groups excluding carboxylic acids is 1. The van der Waals surface area contributed by atoms with Crippen LogP contribution < -0.4 is 14.8 Å². The normalized spacial score (nSPS) is 10.9. The van der Waals surface area contributed by atoms with Crippen LogP contribution in [0.4, 0.5) is 5.13 Å². The van der Waals surface area contributed by atoms with Crippen molar-refractivity contribution in [3.63, 3.8) is 0 Å².